The van der Waals surface area contributed by atoms with Crippen molar-refractivity contribution in [1.29, 1.82) is 0 Å². The molecular weight excluding hydrogens is 296 g/mol. The second-order valence-electron chi connectivity index (χ2n) is 5.07. The second-order valence-corrected chi connectivity index (χ2v) is 5.07. The van der Waals surface area contributed by atoms with Gasteiger partial charge in [-0.05, 0) is 24.1 Å². The third-order valence-corrected chi connectivity index (χ3v) is 3.35. The van der Waals surface area contributed by atoms with Gasteiger partial charge in [0.25, 0.3) is 0 Å². The molecule has 0 saturated heterocycles. The summed E-state index contributed by atoms with van der Waals surface area (Å²) in [5, 5.41) is 17.9. The number of carbonyl (C=O) groups excluding carboxylic acids is 1. The highest BCUT2D eigenvalue weighted by atomic mass is 16.5. The van der Waals surface area contributed by atoms with Crippen molar-refractivity contribution in [3.05, 3.63) is 65.7 Å². The van der Waals surface area contributed by atoms with Crippen molar-refractivity contribution >= 4 is 11.8 Å². The molecule has 0 aliphatic carbocycles. The SMILES string of the molecule is O=C(CCc1ccccc1)c1ccccc1OCC(O)C(=O)O. The first-order valence-electron chi connectivity index (χ1n) is 7.27. The standard InChI is InChI=1S/C18H18O5/c19-15(11-10-13-6-2-1-3-7-13)14-8-4-5-9-17(14)23-12-16(20)18(21)22/h1-9,16,20H,10-12H2,(H,21,22). The summed E-state index contributed by atoms with van der Waals surface area (Å²) in [5.74, 6) is -1.17. The number of benzene rings is 2. The van der Waals surface area contributed by atoms with E-state index in [1.54, 1.807) is 24.3 Å². The van der Waals surface area contributed by atoms with E-state index >= 15 is 0 Å². The van der Waals surface area contributed by atoms with Crippen LogP contribution in [0.1, 0.15) is 22.3 Å². The molecule has 0 radical (unpaired) electrons. The number of aryl methyl sites for hydroxylation is 1. The topological polar surface area (TPSA) is 83.8 Å². The Balaban J connectivity index is 2.01. The van der Waals surface area contributed by atoms with Crippen molar-refractivity contribution in [2.24, 2.45) is 0 Å². The number of para-hydroxylation sites is 1. The Labute approximate surface area is 134 Å². The highest BCUT2D eigenvalue weighted by molar-refractivity contribution is 5.98. The summed E-state index contributed by atoms with van der Waals surface area (Å²) in [6.07, 6.45) is -0.681. The fraction of sp³-hybridized carbons (Fsp3) is 0.222. The van der Waals surface area contributed by atoms with E-state index in [9.17, 15) is 14.7 Å². The van der Waals surface area contributed by atoms with Crippen LogP contribution in [-0.2, 0) is 11.2 Å². The van der Waals surface area contributed by atoms with E-state index in [4.69, 9.17) is 9.84 Å². The highest BCUT2D eigenvalue weighted by Crippen LogP contribution is 2.20. The highest BCUT2D eigenvalue weighted by Gasteiger charge is 2.17. The Kier molecular flexibility index (Phi) is 5.88. The predicted octanol–water partition coefficient (Wildman–Crippen LogP) is 2.33. The van der Waals surface area contributed by atoms with Crippen LogP contribution in [0.25, 0.3) is 0 Å². The average Bonchev–Trinajstić information content (AvgIpc) is 2.58. The maximum Gasteiger partial charge on any atom is 0.336 e. The van der Waals surface area contributed by atoms with Crippen LogP contribution >= 0.6 is 0 Å². The molecule has 5 heteroatoms. The molecule has 0 aliphatic heterocycles. The van der Waals surface area contributed by atoms with Gasteiger partial charge in [-0.15, -0.1) is 0 Å². The number of aliphatic carboxylic acids is 1. The molecular formula is C18H18O5. The number of hydrogen-bond donors (Lipinski definition) is 2. The first-order chi connectivity index (χ1) is 11.1. The molecule has 2 rings (SSSR count). The molecule has 1 atom stereocenters. The van der Waals surface area contributed by atoms with Crippen LogP contribution in [0.3, 0.4) is 0 Å². The molecule has 0 heterocycles. The summed E-state index contributed by atoms with van der Waals surface area (Å²) in [5.41, 5.74) is 1.46. The van der Waals surface area contributed by atoms with Crippen LogP contribution in [0.4, 0.5) is 0 Å². The third kappa shape index (κ3) is 4.93. The Bertz CT molecular complexity index is 666. The van der Waals surface area contributed by atoms with Crippen molar-refractivity contribution < 1.29 is 24.5 Å². The molecule has 5 nitrogen and oxygen atoms in total. The molecule has 0 fully saturated rings. The monoisotopic (exact) mass is 314 g/mol. The zero-order chi connectivity index (χ0) is 16.7. The zero-order valence-electron chi connectivity index (χ0n) is 12.5. The molecule has 0 bridgehead atoms. The summed E-state index contributed by atoms with van der Waals surface area (Å²) < 4.78 is 5.28. The molecule has 2 aromatic rings. The number of rotatable bonds is 8. The van der Waals surface area contributed by atoms with E-state index in [-0.39, 0.29) is 11.5 Å². The van der Waals surface area contributed by atoms with Crippen molar-refractivity contribution in [3.8, 4) is 5.75 Å². The minimum Gasteiger partial charge on any atom is -0.489 e. The lowest BCUT2D eigenvalue weighted by atomic mass is 10.0. The summed E-state index contributed by atoms with van der Waals surface area (Å²) in [6.45, 7) is -0.404. The number of carboxylic acid groups (broad SMARTS) is 1. The number of carbonyl (C=O) groups is 2. The minimum atomic E-state index is -1.62. The van der Waals surface area contributed by atoms with Gasteiger partial charge < -0.3 is 14.9 Å². The molecule has 2 N–H and O–H groups in total. The molecule has 0 amide bonds. The fourth-order valence-electron chi connectivity index (χ4n) is 2.10. The summed E-state index contributed by atoms with van der Waals surface area (Å²) in [6, 6.07) is 16.3. The van der Waals surface area contributed by atoms with Gasteiger partial charge in [-0.25, -0.2) is 4.79 Å². The van der Waals surface area contributed by atoms with E-state index in [0.717, 1.165) is 5.56 Å². The molecule has 0 spiro atoms. The number of ketones is 1. The summed E-state index contributed by atoms with van der Waals surface area (Å²) >= 11 is 0. The number of aliphatic hydroxyl groups excluding tert-OH is 1. The first kappa shape index (κ1) is 16.7. The van der Waals surface area contributed by atoms with Gasteiger partial charge in [0, 0.05) is 6.42 Å². The number of aliphatic hydroxyl groups is 1. The average molecular weight is 314 g/mol. The van der Waals surface area contributed by atoms with Crippen LogP contribution in [-0.4, -0.2) is 34.7 Å². The summed E-state index contributed by atoms with van der Waals surface area (Å²) in [7, 11) is 0. The molecule has 2 aromatic carbocycles. The van der Waals surface area contributed by atoms with Gasteiger partial charge in [-0.2, -0.15) is 0 Å². The quantitative estimate of drug-likeness (QED) is 0.731. The first-order valence-corrected chi connectivity index (χ1v) is 7.27. The lowest BCUT2D eigenvalue weighted by molar-refractivity contribution is -0.148. The predicted molar refractivity (Wildman–Crippen MR) is 84.7 cm³/mol. The largest absolute Gasteiger partial charge is 0.489 e. The van der Waals surface area contributed by atoms with Crippen molar-refractivity contribution in [1.82, 2.24) is 0 Å². The second kappa shape index (κ2) is 8.10. The molecule has 1 unspecified atom stereocenters. The van der Waals surface area contributed by atoms with Crippen LogP contribution in [0.2, 0.25) is 0 Å². The summed E-state index contributed by atoms with van der Waals surface area (Å²) in [4.78, 5) is 23.0. The van der Waals surface area contributed by atoms with Crippen LogP contribution in [0.15, 0.2) is 54.6 Å². The Morgan fingerprint density at radius 2 is 1.65 bits per heavy atom. The molecule has 0 saturated carbocycles. The van der Waals surface area contributed by atoms with E-state index in [2.05, 4.69) is 0 Å². The molecule has 120 valence electrons. The minimum absolute atomic E-state index is 0.0886. The number of hydrogen-bond acceptors (Lipinski definition) is 4. The van der Waals surface area contributed by atoms with E-state index in [1.165, 1.54) is 0 Å². The van der Waals surface area contributed by atoms with E-state index in [1.807, 2.05) is 30.3 Å². The van der Waals surface area contributed by atoms with Gasteiger partial charge in [0.2, 0.25) is 0 Å². The van der Waals surface area contributed by atoms with E-state index < -0.39 is 18.7 Å². The number of ether oxygens (including phenoxy) is 1. The van der Waals surface area contributed by atoms with Gasteiger partial charge >= 0.3 is 5.97 Å². The Morgan fingerprint density at radius 1 is 1.00 bits per heavy atom. The number of carboxylic acids is 1. The van der Waals surface area contributed by atoms with Gasteiger partial charge in [-0.1, -0.05) is 42.5 Å². The van der Waals surface area contributed by atoms with E-state index in [0.29, 0.717) is 18.4 Å². The Hall–Kier alpha value is -2.66. The van der Waals surface area contributed by atoms with Crippen molar-refractivity contribution in [2.75, 3.05) is 6.61 Å². The van der Waals surface area contributed by atoms with Crippen molar-refractivity contribution in [2.45, 2.75) is 18.9 Å². The lowest BCUT2D eigenvalue weighted by Gasteiger charge is -2.12. The maximum atomic E-state index is 12.4. The molecule has 0 aromatic heterocycles. The van der Waals surface area contributed by atoms with Gasteiger partial charge in [-0.3, -0.25) is 4.79 Å². The van der Waals surface area contributed by atoms with Crippen LogP contribution in [0, 0.1) is 0 Å². The normalized spacial score (nSPS) is 11.7. The molecule has 23 heavy (non-hydrogen) atoms. The lowest BCUT2D eigenvalue weighted by Crippen LogP contribution is -2.27. The zero-order valence-corrected chi connectivity index (χ0v) is 12.5. The maximum absolute atomic E-state index is 12.4. The van der Waals surface area contributed by atoms with Gasteiger partial charge in [0.15, 0.2) is 11.9 Å². The van der Waals surface area contributed by atoms with Crippen LogP contribution in [0.5, 0.6) is 5.75 Å². The van der Waals surface area contributed by atoms with Crippen molar-refractivity contribution in [3.63, 3.8) is 0 Å². The molecule has 0 aliphatic rings. The Morgan fingerprint density at radius 3 is 2.35 bits per heavy atom. The van der Waals surface area contributed by atoms with Gasteiger partial charge in [0.05, 0.1) is 5.56 Å². The van der Waals surface area contributed by atoms with Crippen LogP contribution < -0.4 is 4.74 Å². The third-order valence-electron chi connectivity index (χ3n) is 3.35. The number of Topliss-reactive ketones (excluding diaryl/α,β-unsaturated/α-hetero) is 1. The van der Waals surface area contributed by atoms with Gasteiger partial charge in [0.1, 0.15) is 12.4 Å². The smallest absolute Gasteiger partial charge is 0.336 e. The fourth-order valence-corrected chi connectivity index (χ4v) is 2.10.